The Morgan fingerprint density at radius 2 is 2.16 bits per heavy atom. The SMILES string of the molecule is NCC#Cc1ccccc1CN1CCNC(=O)CC1. The van der Waals surface area contributed by atoms with E-state index < -0.39 is 0 Å². The number of hydrogen-bond acceptors (Lipinski definition) is 3. The largest absolute Gasteiger partial charge is 0.355 e. The van der Waals surface area contributed by atoms with Crippen LogP contribution in [0.3, 0.4) is 0 Å². The lowest BCUT2D eigenvalue weighted by Crippen LogP contribution is -2.28. The molecule has 4 nitrogen and oxygen atoms in total. The third-order valence-electron chi connectivity index (χ3n) is 3.14. The molecule has 3 N–H and O–H groups in total. The van der Waals surface area contributed by atoms with Crippen LogP contribution in [0, 0.1) is 11.8 Å². The van der Waals surface area contributed by atoms with Gasteiger partial charge in [0, 0.05) is 38.2 Å². The zero-order valence-electron chi connectivity index (χ0n) is 11.0. The van der Waals surface area contributed by atoms with Gasteiger partial charge in [-0.1, -0.05) is 30.0 Å². The molecule has 0 unspecified atom stereocenters. The molecule has 0 saturated carbocycles. The van der Waals surface area contributed by atoms with Crippen LogP contribution in [-0.4, -0.2) is 37.0 Å². The molecule has 1 amide bonds. The smallest absolute Gasteiger partial charge is 0.221 e. The molecule has 0 bridgehead atoms. The van der Waals surface area contributed by atoms with Crippen molar-refractivity contribution in [1.29, 1.82) is 0 Å². The molecule has 1 aliphatic rings. The van der Waals surface area contributed by atoms with Crippen LogP contribution in [0.4, 0.5) is 0 Å². The predicted octanol–water partition coefficient (Wildman–Crippen LogP) is 0.319. The number of nitrogens with two attached hydrogens (primary N) is 1. The monoisotopic (exact) mass is 257 g/mol. The van der Waals surface area contributed by atoms with E-state index in [0.29, 0.717) is 13.0 Å². The van der Waals surface area contributed by atoms with Gasteiger partial charge in [-0.2, -0.15) is 0 Å². The van der Waals surface area contributed by atoms with Crippen LogP contribution >= 0.6 is 0 Å². The lowest BCUT2D eigenvalue weighted by atomic mass is 10.1. The van der Waals surface area contributed by atoms with Crippen molar-refractivity contribution >= 4 is 5.91 Å². The Hall–Kier alpha value is -1.83. The van der Waals surface area contributed by atoms with E-state index in [1.54, 1.807) is 0 Å². The summed E-state index contributed by atoms with van der Waals surface area (Å²) in [5.74, 6) is 6.13. The molecule has 1 aliphatic heterocycles. The molecular formula is C15H19N3O. The average molecular weight is 257 g/mol. The van der Waals surface area contributed by atoms with Crippen molar-refractivity contribution in [3.63, 3.8) is 0 Å². The quantitative estimate of drug-likeness (QED) is 0.750. The highest BCUT2D eigenvalue weighted by molar-refractivity contribution is 5.76. The highest BCUT2D eigenvalue weighted by Gasteiger charge is 2.14. The first-order chi connectivity index (χ1) is 9.29. The van der Waals surface area contributed by atoms with Gasteiger partial charge in [-0.05, 0) is 11.6 Å². The summed E-state index contributed by atoms with van der Waals surface area (Å²) in [7, 11) is 0. The van der Waals surface area contributed by atoms with Gasteiger partial charge in [-0.3, -0.25) is 9.69 Å². The first-order valence-corrected chi connectivity index (χ1v) is 6.55. The topological polar surface area (TPSA) is 58.4 Å². The maximum atomic E-state index is 11.3. The number of hydrogen-bond donors (Lipinski definition) is 2. The molecular weight excluding hydrogens is 238 g/mol. The zero-order chi connectivity index (χ0) is 13.5. The standard InChI is InChI=1S/C15H19N3O/c16-8-3-6-13-4-1-2-5-14(13)12-18-10-7-15(19)17-9-11-18/h1-2,4-5H,7-12,16H2,(H,17,19). The molecule has 1 aromatic rings. The molecule has 0 spiro atoms. The van der Waals surface area contributed by atoms with Crippen LogP contribution in [0.15, 0.2) is 24.3 Å². The van der Waals surface area contributed by atoms with Gasteiger partial charge >= 0.3 is 0 Å². The van der Waals surface area contributed by atoms with Gasteiger partial charge in [0.25, 0.3) is 0 Å². The number of benzene rings is 1. The summed E-state index contributed by atoms with van der Waals surface area (Å²) in [6.07, 6.45) is 0.566. The first kappa shape index (κ1) is 13.6. The van der Waals surface area contributed by atoms with E-state index in [4.69, 9.17) is 5.73 Å². The average Bonchev–Trinajstić information content (AvgIpc) is 2.63. The minimum atomic E-state index is 0.138. The Bertz CT molecular complexity index is 502. The van der Waals surface area contributed by atoms with Crippen molar-refractivity contribution in [2.75, 3.05) is 26.2 Å². The molecule has 19 heavy (non-hydrogen) atoms. The molecule has 4 heteroatoms. The third-order valence-corrected chi connectivity index (χ3v) is 3.14. The third kappa shape index (κ3) is 4.09. The molecule has 0 aliphatic carbocycles. The first-order valence-electron chi connectivity index (χ1n) is 6.55. The van der Waals surface area contributed by atoms with Crippen LogP contribution in [0.5, 0.6) is 0 Å². The van der Waals surface area contributed by atoms with E-state index in [-0.39, 0.29) is 5.91 Å². The second kappa shape index (κ2) is 6.93. The van der Waals surface area contributed by atoms with Gasteiger partial charge in [0.1, 0.15) is 0 Å². The summed E-state index contributed by atoms with van der Waals surface area (Å²) in [5, 5.41) is 2.88. The van der Waals surface area contributed by atoms with E-state index in [9.17, 15) is 4.79 Å². The summed E-state index contributed by atoms with van der Waals surface area (Å²) in [6, 6.07) is 8.10. The maximum Gasteiger partial charge on any atom is 0.221 e. The number of amides is 1. The minimum absolute atomic E-state index is 0.138. The summed E-state index contributed by atoms with van der Waals surface area (Å²) in [5.41, 5.74) is 7.63. The fourth-order valence-electron chi connectivity index (χ4n) is 2.14. The number of carbonyl (C=O) groups excluding carboxylic acids is 1. The van der Waals surface area contributed by atoms with Crippen LogP contribution < -0.4 is 11.1 Å². The zero-order valence-corrected chi connectivity index (χ0v) is 11.0. The molecule has 1 fully saturated rings. The number of carbonyl (C=O) groups is 1. The van der Waals surface area contributed by atoms with Crippen LogP contribution in [0.25, 0.3) is 0 Å². The Balaban J connectivity index is 2.07. The van der Waals surface area contributed by atoms with Crippen molar-refractivity contribution in [3.05, 3.63) is 35.4 Å². The molecule has 1 heterocycles. The lowest BCUT2D eigenvalue weighted by molar-refractivity contribution is -0.120. The van der Waals surface area contributed by atoms with Crippen LogP contribution in [0.1, 0.15) is 17.5 Å². The fraction of sp³-hybridized carbons (Fsp3) is 0.400. The van der Waals surface area contributed by atoms with Gasteiger partial charge in [-0.25, -0.2) is 0 Å². The molecule has 1 aromatic carbocycles. The van der Waals surface area contributed by atoms with Crippen molar-refractivity contribution in [3.8, 4) is 11.8 Å². The lowest BCUT2D eigenvalue weighted by Gasteiger charge is -2.19. The van der Waals surface area contributed by atoms with Gasteiger partial charge in [0.15, 0.2) is 0 Å². The maximum absolute atomic E-state index is 11.3. The van der Waals surface area contributed by atoms with Crippen LogP contribution in [0.2, 0.25) is 0 Å². The van der Waals surface area contributed by atoms with E-state index in [2.05, 4.69) is 28.1 Å². The van der Waals surface area contributed by atoms with Crippen molar-refractivity contribution in [2.24, 2.45) is 5.73 Å². The summed E-state index contributed by atoms with van der Waals surface area (Å²) >= 11 is 0. The van der Waals surface area contributed by atoms with Crippen molar-refractivity contribution in [2.45, 2.75) is 13.0 Å². The Labute approximate surface area is 114 Å². The Morgan fingerprint density at radius 3 is 3.00 bits per heavy atom. The van der Waals surface area contributed by atoms with Crippen molar-refractivity contribution in [1.82, 2.24) is 10.2 Å². The van der Waals surface area contributed by atoms with Gasteiger partial charge < -0.3 is 11.1 Å². The second-order valence-electron chi connectivity index (χ2n) is 4.54. The number of nitrogens with one attached hydrogen (secondary N) is 1. The Kier molecular flexibility index (Phi) is 4.96. The van der Waals surface area contributed by atoms with Gasteiger partial charge in [0.05, 0.1) is 6.54 Å². The highest BCUT2D eigenvalue weighted by atomic mass is 16.1. The van der Waals surface area contributed by atoms with Crippen molar-refractivity contribution < 1.29 is 4.79 Å². The number of rotatable bonds is 2. The highest BCUT2D eigenvalue weighted by Crippen LogP contribution is 2.11. The predicted molar refractivity (Wildman–Crippen MR) is 75.3 cm³/mol. The summed E-state index contributed by atoms with van der Waals surface area (Å²) in [4.78, 5) is 13.6. The number of nitrogens with zero attached hydrogens (tertiary/aromatic N) is 1. The molecule has 0 atom stereocenters. The summed E-state index contributed by atoms with van der Waals surface area (Å²) < 4.78 is 0. The van der Waals surface area contributed by atoms with E-state index in [1.165, 1.54) is 5.56 Å². The normalized spacial score (nSPS) is 16.2. The van der Waals surface area contributed by atoms with E-state index in [0.717, 1.165) is 31.7 Å². The second-order valence-corrected chi connectivity index (χ2v) is 4.54. The van der Waals surface area contributed by atoms with Gasteiger partial charge in [-0.15, -0.1) is 0 Å². The fourth-order valence-corrected chi connectivity index (χ4v) is 2.14. The molecule has 2 rings (SSSR count). The summed E-state index contributed by atoms with van der Waals surface area (Å²) in [6.45, 7) is 3.59. The molecule has 100 valence electrons. The van der Waals surface area contributed by atoms with E-state index in [1.807, 2.05) is 18.2 Å². The van der Waals surface area contributed by atoms with Gasteiger partial charge in [0.2, 0.25) is 5.91 Å². The molecule has 1 saturated heterocycles. The molecule has 0 aromatic heterocycles. The van der Waals surface area contributed by atoms with E-state index >= 15 is 0 Å². The Morgan fingerprint density at radius 1 is 1.32 bits per heavy atom. The van der Waals surface area contributed by atoms with Crippen LogP contribution in [-0.2, 0) is 11.3 Å². The molecule has 0 radical (unpaired) electrons. The minimum Gasteiger partial charge on any atom is -0.355 e.